The highest BCUT2D eigenvalue weighted by molar-refractivity contribution is 5.97. The standard InChI is InChI=1S/C18H23F2N3O4/c1-3-27-18(26)22-9-7-13(8-10-22)21-16(25)11-23(12(2)24)17-14(19)5-4-6-15(17)20/h4-6,13H,3,7-11H2,1-2H3,(H,21,25). The van der Waals surface area contributed by atoms with Crippen LogP contribution in [0.4, 0.5) is 19.3 Å². The van der Waals surface area contributed by atoms with Crippen molar-refractivity contribution in [1.29, 1.82) is 0 Å². The molecule has 1 N–H and O–H groups in total. The van der Waals surface area contributed by atoms with Gasteiger partial charge in [-0.25, -0.2) is 13.6 Å². The summed E-state index contributed by atoms with van der Waals surface area (Å²) in [7, 11) is 0. The summed E-state index contributed by atoms with van der Waals surface area (Å²) in [6.07, 6.45) is 0.664. The number of piperidine rings is 1. The van der Waals surface area contributed by atoms with Crippen molar-refractivity contribution >= 4 is 23.6 Å². The first-order chi connectivity index (χ1) is 12.8. The van der Waals surface area contributed by atoms with Gasteiger partial charge < -0.3 is 15.0 Å². The van der Waals surface area contributed by atoms with Crippen LogP contribution in [0.15, 0.2) is 18.2 Å². The Morgan fingerprint density at radius 3 is 2.33 bits per heavy atom. The van der Waals surface area contributed by atoms with Crippen LogP contribution in [0.3, 0.4) is 0 Å². The third-order valence-electron chi connectivity index (χ3n) is 4.28. The molecule has 9 heteroatoms. The van der Waals surface area contributed by atoms with Crippen LogP contribution in [0.5, 0.6) is 0 Å². The molecule has 3 amide bonds. The molecule has 2 rings (SSSR count). The monoisotopic (exact) mass is 383 g/mol. The average Bonchev–Trinajstić information content (AvgIpc) is 2.61. The van der Waals surface area contributed by atoms with E-state index in [1.165, 1.54) is 6.07 Å². The highest BCUT2D eigenvalue weighted by atomic mass is 19.1. The van der Waals surface area contributed by atoms with Crippen LogP contribution >= 0.6 is 0 Å². The molecule has 0 spiro atoms. The van der Waals surface area contributed by atoms with Crippen molar-refractivity contribution in [2.45, 2.75) is 32.7 Å². The number of para-hydroxylation sites is 1. The third kappa shape index (κ3) is 5.38. The summed E-state index contributed by atoms with van der Waals surface area (Å²) in [5.74, 6) is -3.00. The highest BCUT2D eigenvalue weighted by Gasteiger charge is 2.27. The quantitative estimate of drug-likeness (QED) is 0.844. The molecule has 1 saturated heterocycles. The Hall–Kier alpha value is -2.71. The van der Waals surface area contributed by atoms with Gasteiger partial charge in [-0.1, -0.05) is 6.07 Å². The van der Waals surface area contributed by atoms with Crippen LogP contribution in [0.1, 0.15) is 26.7 Å². The molecule has 1 heterocycles. The Labute approximate surface area is 156 Å². The van der Waals surface area contributed by atoms with Gasteiger partial charge in [0.25, 0.3) is 0 Å². The number of nitrogens with one attached hydrogen (secondary N) is 1. The number of ether oxygens (including phenoxy) is 1. The van der Waals surface area contributed by atoms with Crippen LogP contribution in [0.2, 0.25) is 0 Å². The number of hydrogen-bond acceptors (Lipinski definition) is 4. The molecule has 1 aliphatic rings. The number of likely N-dealkylation sites (tertiary alicyclic amines) is 1. The Kier molecular flexibility index (Phi) is 7.09. The third-order valence-corrected chi connectivity index (χ3v) is 4.28. The summed E-state index contributed by atoms with van der Waals surface area (Å²) in [5, 5.41) is 2.75. The van der Waals surface area contributed by atoms with E-state index in [2.05, 4.69) is 5.32 Å². The zero-order chi connectivity index (χ0) is 20.0. The summed E-state index contributed by atoms with van der Waals surface area (Å²) < 4.78 is 32.8. The van der Waals surface area contributed by atoms with E-state index >= 15 is 0 Å². The number of amides is 3. The number of halogens is 2. The van der Waals surface area contributed by atoms with E-state index in [9.17, 15) is 23.2 Å². The Balaban J connectivity index is 1.94. The first-order valence-electron chi connectivity index (χ1n) is 8.76. The molecule has 0 bridgehead atoms. The maximum absolute atomic E-state index is 13.9. The lowest BCUT2D eigenvalue weighted by Gasteiger charge is -2.32. The Morgan fingerprint density at radius 2 is 1.81 bits per heavy atom. The van der Waals surface area contributed by atoms with Crippen molar-refractivity contribution in [2.75, 3.05) is 31.1 Å². The van der Waals surface area contributed by atoms with Gasteiger partial charge in [-0.2, -0.15) is 0 Å². The molecule has 7 nitrogen and oxygen atoms in total. The fourth-order valence-corrected chi connectivity index (χ4v) is 2.93. The van der Waals surface area contributed by atoms with Crippen LogP contribution in [0, 0.1) is 11.6 Å². The van der Waals surface area contributed by atoms with Gasteiger partial charge in [0.1, 0.15) is 23.9 Å². The lowest BCUT2D eigenvalue weighted by molar-refractivity contribution is -0.123. The van der Waals surface area contributed by atoms with E-state index in [-0.39, 0.29) is 12.1 Å². The van der Waals surface area contributed by atoms with Crippen molar-refractivity contribution in [3.05, 3.63) is 29.8 Å². The minimum Gasteiger partial charge on any atom is -0.450 e. The van der Waals surface area contributed by atoms with Gasteiger partial charge in [-0.3, -0.25) is 14.5 Å². The Bertz CT molecular complexity index is 686. The van der Waals surface area contributed by atoms with Crippen LogP contribution in [0.25, 0.3) is 0 Å². The molecule has 1 fully saturated rings. The Morgan fingerprint density at radius 1 is 1.22 bits per heavy atom. The van der Waals surface area contributed by atoms with Gasteiger partial charge >= 0.3 is 6.09 Å². The van der Waals surface area contributed by atoms with Crippen molar-refractivity contribution in [3.63, 3.8) is 0 Å². The molecule has 1 aromatic rings. The van der Waals surface area contributed by atoms with Crippen molar-refractivity contribution in [1.82, 2.24) is 10.2 Å². The fraction of sp³-hybridized carbons (Fsp3) is 0.500. The van der Waals surface area contributed by atoms with E-state index in [0.29, 0.717) is 32.5 Å². The average molecular weight is 383 g/mol. The fourth-order valence-electron chi connectivity index (χ4n) is 2.93. The second kappa shape index (κ2) is 9.29. The SMILES string of the molecule is CCOC(=O)N1CCC(NC(=O)CN(C(C)=O)c2c(F)cccc2F)CC1. The van der Waals surface area contributed by atoms with E-state index in [1.807, 2.05) is 0 Å². The summed E-state index contributed by atoms with van der Waals surface area (Å²) in [5.41, 5.74) is -0.544. The minimum atomic E-state index is -0.916. The van der Waals surface area contributed by atoms with Crippen LogP contribution < -0.4 is 10.2 Å². The van der Waals surface area contributed by atoms with Crippen molar-refractivity contribution in [3.8, 4) is 0 Å². The van der Waals surface area contributed by atoms with Gasteiger partial charge in [0.2, 0.25) is 11.8 Å². The van der Waals surface area contributed by atoms with Crippen LogP contribution in [-0.4, -0.2) is 55.1 Å². The van der Waals surface area contributed by atoms with Gasteiger partial charge in [0.05, 0.1) is 6.61 Å². The maximum Gasteiger partial charge on any atom is 0.409 e. The molecule has 0 unspecified atom stereocenters. The van der Waals surface area contributed by atoms with Gasteiger partial charge in [0, 0.05) is 26.1 Å². The molecule has 0 aromatic heterocycles. The lowest BCUT2D eigenvalue weighted by atomic mass is 10.1. The van der Waals surface area contributed by atoms with Gasteiger partial charge in [-0.05, 0) is 31.9 Å². The van der Waals surface area contributed by atoms with Crippen molar-refractivity contribution in [2.24, 2.45) is 0 Å². The molecule has 148 valence electrons. The normalized spacial score (nSPS) is 14.6. The lowest BCUT2D eigenvalue weighted by Crippen LogP contribution is -2.49. The molecule has 1 aliphatic heterocycles. The summed E-state index contributed by atoms with van der Waals surface area (Å²) in [6, 6.07) is 3.04. The van der Waals surface area contributed by atoms with E-state index < -0.39 is 35.7 Å². The molecular formula is C18H23F2N3O4. The number of hydrogen-bond donors (Lipinski definition) is 1. The number of benzene rings is 1. The number of nitrogens with zero attached hydrogens (tertiary/aromatic N) is 2. The zero-order valence-electron chi connectivity index (χ0n) is 15.3. The summed E-state index contributed by atoms with van der Waals surface area (Å²) >= 11 is 0. The smallest absolute Gasteiger partial charge is 0.409 e. The van der Waals surface area contributed by atoms with E-state index in [4.69, 9.17) is 4.74 Å². The first kappa shape index (κ1) is 20.6. The highest BCUT2D eigenvalue weighted by Crippen LogP contribution is 2.23. The number of anilines is 1. The maximum atomic E-state index is 13.9. The zero-order valence-corrected chi connectivity index (χ0v) is 15.3. The number of carbonyl (C=O) groups excluding carboxylic acids is 3. The minimum absolute atomic E-state index is 0.192. The second-order valence-corrected chi connectivity index (χ2v) is 6.20. The topological polar surface area (TPSA) is 79.0 Å². The molecule has 0 aliphatic carbocycles. The largest absolute Gasteiger partial charge is 0.450 e. The molecular weight excluding hydrogens is 360 g/mol. The van der Waals surface area contributed by atoms with E-state index in [0.717, 1.165) is 24.0 Å². The predicted octanol–water partition coefficient (Wildman–Crippen LogP) is 2.05. The first-order valence-corrected chi connectivity index (χ1v) is 8.76. The van der Waals surface area contributed by atoms with Gasteiger partial charge in [-0.15, -0.1) is 0 Å². The van der Waals surface area contributed by atoms with Gasteiger partial charge in [0.15, 0.2) is 0 Å². The summed E-state index contributed by atoms with van der Waals surface area (Å²) in [6.45, 7) is 3.53. The molecule has 27 heavy (non-hydrogen) atoms. The summed E-state index contributed by atoms with van der Waals surface area (Å²) in [4.78, 5) is 38.1. The molecule has 0 saturated carbocycles. The molecule has 0 radical (unpaired) electrons. The van der Waals surface area contributed by atoms with E-state index in [1.54, 1.807) is 11.8 Å². The second-order valence-electron chi connectivity index (χ2n) is 6.20. The number of rotatable bonds is 5. The molecule has 1 aromatic carbocycles. The van der Waals surface area contributed by atoms with Crippen molar-refractivity contribution < 1.29 is 27.9 Å². The van der Waals surface area contributed by atoms with Crippen LogP contribution in [-0.2, 0) is 14.3 Å². The number of carbonyl (C=O) groups is 3. The predicted molar refractivity (Wildman–Crippen MR) is 94.1 cm³/mol. The molecule has 0 atom stereocenters.